The Morgan fingerprint density at radius 2 is 1.82 bits per heavy atom. The maximum Gasteiger partial charge on any atom is 0.0994 e. The Bertz CT molecular complexity index is 493. The summed E-state index contributed by atoms with van der Waals surface area (Å²) in [5, 5.41) is 18.1. The van der Waals surface area contributed by atoms with Gasteiger partial charge in [0.1, 0.15) is 0 Å². The molecule has 0 N–H and O–H groups in total. The smallest absolute Gasteiger partial charge is 0.0994 e. The normalized spacial score (nSPS) is 10.7. The molecule has 88 valence electrons. The fourth-order valence-corrected chi connectivity index (χ4v) is 1.93. The van der Waals surface area contributed by atoms with Gasteiger partial charge in [-0.15, -0.1) is 0 Å². The first kappa shape index (κ1) is 13.3. The van der Waals surface area contributed by atoms with Crippen LogP contribution in [-0.2, 0) is 18.3 Å². The lowest BCUT2D eigenvalue weighted by Gasteiger charge is -2.21. The molecule has 0 spiro atoms. The van der Waals surface area contributed by atoms with Crippen molar-refractivity contribution >= 4 is 0 Å². The maximum atomic E-state index is 9.20. The van der Waals surface area contributed by atoms with Gasteiger partial charge in [0.25, 0.3) is 0 Å². The van der Waals surface area contributed by atoms with Crippen molar-refractivity contribution in [3.05, 3.63) is 34.4 Å². The molecule has 0 saturated heterocycles. The van der Waals surface area contributed by atoms with Gasteiger partial charge >= 0.3 is 0 Å². The topological polar surface area (TPSA) is 47.6 Å². The summed E-state index contributed by atoms with van der Waals surface area (Å²) in [5.41, 5.74) is 3.85. The number of benzene rings is 1. The Morgan fingerprint density at radius 3 is 2.24 bits per heavy atom. The van der Waals surface area contributed by atoms with Gasteiger partial charge in [0.05, 0.1) is 24.1 Å². The van der Waals surface area contributed by atoms with E-state index >= 15 is 0 Å². The summed E-state index contributed by atoms with van der Waals surface area (Å²) in [5.74, 6) is 0. The first-order valence-corrected chi connectivity index (χ1v) is 5.87. The third-order valence-electron chi connectivity index (χ3n) is 2.95. The highest BCUT2D eigenvalue weighted by atomic mass is 14.3. The fraction of sp³-hybridized carbons (Fsp3) is 0.467. The molecular weight excluding hydrogens is 208 g/mol. The highest BCUT2D eigenvalue weighted by Crippen LogP contribution is 2.27. The third kappa shape index (κ3) is 2.86. The van der Waals surface area contributed by atoms with E-state index in [1.54, 1.807) is 0 Å². The van der Waals surface area contributed by atoms with E-state index in [0.717, 1.165) is 23.1 Å². The Labute approximate surface area is 104 Å². The molecule has 0 saturated carbocycles. The minimum atomic E-state index is 0.00206. The number of rotatable bonds is 2. The quantitative estimate of drug-likeness (QED) is 0.775. The fourth-order valence-electron chi connectivity index (χ4n) is 1.93. The second-order valence-electron chi connectivity index (χ2n) is 5.21. The van der Waals surface area contributed by atoms with Crippen molar-refractivity contribution in [3.8, 4) is 12.1 Å². The molecule has 0 bridgehead atoms. The van der Waals surface area contributed by atoms with E-state index in [1.165, 1.54) is 0 Å². The van der Waals surface area contributed by atoms with E-state index in [2.05, 4.69) is 39.0 Å². The average molecular weight is 226 g/mol. The van der Waals surface area contributed by atoms with Crippen LogP contribution in [0.1, 0.15) is 49.9 Å². The summed E-state index contributed by atoms with van der Waals surface area (Å²) in [7, 11) is 0. The number of nitriles is 2. The minimum absolute atomic E-state index is 0.00206. The molecule has 0 aliphatic carbocycles. The van der Waals surface area contributed by atoms with Crippen LogP contribution < -0.4 is 0 Å². The third-order valence-corrected chi connectivity index (χ3v) is 2.95. The van der Waals surface area contributed by atoms with Gasteiger partial charge < -0.3 is 0 Å². The van der Waals surface area contributed by atoms with Crippen LogP contribution >= 0.6 is 0 Å². The summed E-state index contributed by atoms with van der Waals surface area (Å²) >= 11 is 0. The number of hydrogen-bond acceptors (Lipinski definition) is 2. The van der Waals surface area contributed by atoms with Gasteiger partial charge in [-0.2, -0.15) is 10.5 Å². The molecule has 0 unspecified atom stereocenters. The summed E-state index contributed by atoms with van der Waals surface area (Å²) in [6, 6.07) is 8.46. The molecule has 2 nitrogen and oxygen atoms in total. The van der Waals surface area contributed by atoms with E-state index in [0.29, 0.717) is 12.0 Å². The Kier molecular flexibility index (Phi) is 3.92. The molecule has 0 fully saturated rings. The molecule has 0 amide bonds. The van der Waals surface area contributed by atoms with E-state index in [-0.39, 0.29) is 5.41 Å². The Balaban J connectivity index is 3.48. The van der Waals surface area contributed by atoms with Crippen molar-refractivity contribution in [1.29, 1.82) is 10.5 Å². The molecule has 0 aliphatic rings. The standard InChI is InChI=1S/C15H18N2/c1-5-14-11(6-7-16)8-13(15(2,3)4)9-12(14)10-17/h8-9H,5-6H2,1-4H3. The molecule has 0 aliphatic heterocycles. The van der Waals surface area contributed by atoms with E-state index in [4.69, 9.17) is 5.26 Å². The Morgan fingerprint density at radius 1 is 1.18 bits per heavy atom. The molecule has 0 atom stereocenters. The second kappa shape index (κ2) is 5.02. The van der Waals surface area contributed by atoms with Crippen LogP contribution in [0.5, 0.6) is 0 Å². The van der Waals surface area contributed by atoms with Crippen LogP contribution in [0.4, 0.5) is 0 Å². The zero-order valence-electron chi connectivity index (χ0n) is 11.0. The predicted octanol–water partition coefficient (Wildman–Crippen LogP) is 3.48. The number of hydrogen-bond donors (Lipinski definition) is 0. The lowest BCUT2D eigenvalue weighted by Crippen LogP contribution is -2.13. The van der Waals surface area contributed by atoms with E-state index < -0.39 is 0 Å². The lowest BCUT2D eigenvalue weighted by atomic mass is 9.82. The summed E-state index contributed by atoms with van der Waals surface area (Å²) in [4.78, 5) is 0. The first-order valence-electron chi connectivity index (χ1n) is 5.87. The summed E-state index contributed by atoms with van der Waals surface area (Å²) in [6.07, 6.45) is 1.17. The van der Waals surface area contributed by atoms with Crippen LogP contribution in [-0.4, -0.2) is 0 Å². The molecule has 0 heterocycles. The van der Waals surface area contributed by atoms with Gasteiger partial charge in [-0.25, -0.2) is 0 Å². The van der Waals surface area contributed by atoms with Crippen molar-refractivity contribution in [3.63, 3.8) is 0 Å². The Hall–Kier alpha value is -1.80. The maximum absolute atomic E-state index is 9.20. The first-order chi connectivity index (χ1) is 7.93. The van der Waals surface area contributed by atoms with Crippen molar-refractivity contribution < 1.29 is 0 Å². The molecule has 1 rings (SSSR count). The van der Waals surface area contributed by atoms with Crippen molar-refractivity contribution in [1.82, 2.24) is 0 Å². The van der Waals surface area contributed by atoms with Gasteiger partial charge in [-0.05, 0) is 34.6 Å². The molecule has 1 aromatic rings. The zero-order valence-corrected chi connectivity index (χ0v) is 11.0. The lowest BCUT2D eigenvalue weighted by molar-refractivity contribution is 0.589. The van der Waals surface area contributed by atoms with Crippen LogP contribution in [0.15, 0.2) is 12.1 Å². The van der Waals surface area contributed by atoms with Crippen molar-refractivity contribution in [2.75, 3.05) is 0 Å². The molecular formula is C15H18N2. The molecule has 0 radical (unpaired) electrons. The second-order valence-corrected chi connectivity index (χ2v) is 5.21. The molecule has 2 heteroatoms. The number of nitrogens with zero attached hydrogens (tertiary/aromatic N) is 2. The van der Waals surface area contributed by atoms with Gasteiger partial charge in [-0.1, -0.05) is 33.8 Å². The largest absolute Gasteiger partial charge is 0.198 e. The summed E-state index contributed by atoms with van der Waals surface area (Å²) in [6.45, 7) is 8.37. The zero-order chi connectivity index (χ0) is 13.1. The van der Waals surface area contributed by atoms with Crippen molar-refractivity contribution in [2.24, 2.45) is 0 Å². The monoisotopic (exact) mass is 226 g/mol. The SMILES string of the molecule is CCc1c(C#N)cc(C(C)(C)C)cc1CC#N. The van der Waals surface area contributed by atoms with Crippen LogP contribution in [0.2, 0.25) is 0 Å². The minimum Gasteiger partial charge on any atom is -0.198 e. The molecule has 17 heavy (non-hydrogen) atoms. The van der Waals surface area contributed by atoms with Gasteiger partial charge in [-0.3, -0.25) is 0 Å². The average Bonchev–Trinajstić information content (AvgIpc) is 2.27. The van der Waals surface area contributed by atoms with Crippen LogP contribution in [0.3, 0.4) is 0 Å². The van der Waals surface area contributed by atoms with E-state index in [1.807, 2.05) is 13.0 Å². The van der Waals surface area contributed by atoms with Gasteiger partial charge in [0, 0.05) is 0 Å². The molecule has 1 aromatic carbocycles. The highest BCUT2D eigenvalue weighted by Gasteiger charge is 2.18. The predicted molar refractivity (Wildman–Crippen MR) is 68.6 cm³/mol. The van der Waals surface area contributed by atoms with Crippen LogP contribution in [0, 0.1) is 22.7 Å². The van der Waals surface area contributed by atoms with Crippen LogP contribution in [0.25, 0.3) is 0 Å². The van der Waals surface area contributed by atoms with E-state index in [9.17, 15) is 5.26 Å². The highest BCUT2D eigenvalue weighted by molar-refractivity contribution is 5.48. The summed E-state index contributed by atoms with van der Waals surface area (Å²) < 4.78 is 0. The molecule has 0 aromatic heterocycles. The van der Waals surface area contributed by atoms with Gasteiger partial charge in [0.15, 0.2) is 0 Å². The van der Waals surface area contributed by atoms with Gasteiger partial charge in [0.2, 0.25) is 0 Å². The van der Waals surface area contributed by atoms with Crippen molar-refractivity contribution in [2.45, 2.75) is 46.0 Å².